The summed E-state index contributed by atoms with van der Waals surface area (Å²) < 4.78 is 1.76. The van der Waals surface area contributed by atoms with Crippen molar-refractivity contribution in [3.63, 3.8) is 0 Å². The van der Waals surface area contributed by atoms with Crippen LogP contribution in [0.4, 0.5) is 0 Å². The van der Waals surface area contributed by atoms with E-state index < -0.39 is 0 Å². The first-order chi connectivity index (χ1) is 4.86. The first-order valence-electron chi connectivity index (χ1n) is 3.13. The Morgan fingerprint density at radius 2 is 2.27 bits per heavy atom. The molecule has 58 valence electrons. The van der Waals surface area contributed by atoms with Gasteiger partial charge in [-0.25, -0.2) is 9.50 Å². The van der Waals surface area contributed by atoms with Gasteiger partial charge in [0.2, 0.25) is 0 Å². The second-order valence-electron chi connectivity index (χ2n) is 2.21. The minimum atomic E-state index is 0. The van der Waals surface area contributed by atoms with Crippen LogP contribution in [-0.4, -0.2) is 14.6 Å². The molecule has 0 amide bonds. The van der Waals surface area contributed by atoms with Crippen LogP contribution < -0.4 is 0 Å². The number of nitrogens with zero attached hydrogens (tertiary/aromatic N) is 3. The summed E-state index contributed by atoms with van der Waals surface area (Å²) in [5.41, 5.74) is 1.90. The molecular weight excluding hydrogens is 162 g/mol. The quantitative estimate of drug-likeness (QED) is 0.598. The number of fused-ring (bicyclic) bond motifs is 1. The fourth-order valence-corrected chi connectivity index (χ4v) is 0.949. The molecule has 0 aromatic carbocycles. The largest absolute Gasteiger partial charge is 0.237 e. The predicted octanol–water partition coefficient (Wildman–Crippen LogP) is 1.46. The molecule has 4 heteroatoms. The van der Waals surface area contributed by atoms with Crippen LogP contribution in [0.5, 0.6) is 0 Å². The normalized spacial score (nSPS) is 9.55. The monoisotopic (exact) mass is 169 g/mol. The van der Waals surface area contributed by atoms with E-state index in [4.69, 9.17) is 0 Å². The van der Waals surface area contributed by atoms with Gasteiger partial charge in [-0.1, -0.05) is 0 Å². The van der Waals surface area contributed by atoms with Gasteiger partial charge in [-0.05, 0) is 13.0 Å². The zero-order valence-electron chi connectivity index (χ0n) is 6.06. The van der Waals surface area contributed by atoms with Crippen molar-refractivity contribution in [1.29, 1.82) is 0 Å². The van der Waals surface area contributed by atoms with Gasteiger partial charge in [-0.2, -0.15) is 5.10 Å². The third-order valence-corrected chi connectivity index (χ3v) is 1.36. The van der Waals surface area contributed by atoms with E-state index in [1.807, 2.05) is 25.3 Å². The summed E-state index contributed by atoms with van der Waals surface area (Å²) in [6.07, 6.45) is 3.64. The summed E-state index contributed by atoms with van der Waals surface area (Å²) in [7, 11) is 0. The third kappa shape index (κ3) is 1.33. The average molecular weight is 170 g/mol. The average Bonchev–Trinajstić information content (AvgIpc) is 2.27. The van der Waals surface area contributed by atoms with E-state index in [9.17, 15) is 0 Å². The summed E-state index contributed by atoms with van der Waals surface area (Å²) in [4.78, 5) is 4.10. The van der Waals surface area contributed by atoms with E-state index in [1.54, 1.807) is 10.7 Å². The molecule has 2 aromatic heterocycles. The Labute approximate surface area is 70.5 Å². The van der Waals surface area contributed by atoms with E-state index >= 15 is 0 Å². The van der Waals surface area contributed by atoms with Crippen LogP contribution in [0.15, 0.2) is 24.5 Å². The van der Waals surface area contributed by atoms with Gasteiger partial charge >= 0.3 is 0 Å². The van der Waals surface area contributed by atoms with Crippen LogP contribution in [0.2, 0.25) is 0 Å². The van der Waals surface area contributed by atoms with Crippen molar-refractivity contribution in [3.8, 4) is 0 Å². The standard InChI is InChI=1S/C7H7N3.ClH/c1-6-5-7-8-3-2-4-10(7)9-6;/h2-5H,1H3;1H. The van der Waals surface area contributed by atoms with Crippen molar-refractivity contribution in [2.75, 3.05) is 0 Å². The van der Waals surface area contributed by atoms with Crippen LogP contribution in [0.3, 0.4) is 0 Å². The van der Waals surface area contributed by atoms with Gasteiger partial charge in [0.05, 0.1) is 5.69 Å². The molecule has 0 saturated carbocycles. The molecule has 0 aliphatic rings. The van der Waals surface area contributed by atoms with Gasteiger partial charge < -0.3 is 0 Å². The predicted molar refractivity (Wildman–Crippen MR) is 45.0 cm³/mol. The maximum absolute atomic E-state index is 4.17. The highest BCUT2D eigenvalue weighted by Crippen LogP contribution is 1.99. The molecule has 11 heavy (non-hydrogen) atoms. The molecule has 0 radical (unpaired) electrons. The Kier molecular flexibility index (Phi) is 2.10. The number of aromatic nitrogens is 3. The number of aryl methyl sites for hydroxylation is 1. The zero-order valence-corrected chi connectivity index (χ0v) is 6.88. The summed E-state index contributed by atoms with van der Waals surface area (Å²) >= 11 is 0. The van der Waals surface area contributed by atoms with Crippen molar-refractivity contribution in [2.24, 2.45) is 0 Å². The second-order valence-corrected chi connectivity index (χ2v) is 2.21. The first-order valence-corrected chi connectivity index (χ1v) is 3.13. The van der Waals surface area contributed by atoms with Crippen LogP contribution in [0.25, 0.3) is 5.65 Å². The van der Waals surface area contributed by atoms with E-state index in [2.05, 4.69) is 10.1 Å². The molecule has 0 unspecified atom stereocenters. The molecule has 2 rings (SSSR count). The highest BCUT2D eigenvalue weighted by Gasteiger charge is 1.93. The molecule has 0 aliphatic carbocycles. The lowest BCUT2D eigenvalue weighted by atomic mass is 10.5. The highest BCUT2D eigenvalue weighted by molar-refractivity contribution is 5.85. The van der Waals surface area contributed by atoms with Gasteiger partial charge in [0.25, 0.3) is 0 Å². The van der Waals surface area contributed by atoms with Crippen molar-refractivity contribution in [3.05, 3.63) is 30.2 Å². The maximum atomic E-state index is 4.17. The Hall–Kier alpha value is -1.09. The maximum Gasteiger partial charge on any atom is 0.155 e. The third-order valence-electron chi connectivity index (χ3n) is 1.36. The van der Waals surface area contributed by atoms with Crippen LogP contribution in [0.1, 0.15) is 5.69 Å². The topological polar surface area (TPSA) is 30.2 Å². The van der Waals surface area contributed by atoms with Gasteiger partial charge in [0.15, 0.2) is 5.65 Å². The van der Waals surface area contributed by atoms with Crippen molar-refractivity contribution < 1.29 is 0 Å². The van der Waals surface area contributed by atoms with E-state index in [0.29, 0.717) is 0 Å². The molecule has 0 aliphatic heterocycles. The van der Waals surface area contributed by atoms with Crippen LogP contribution in [-0.2, 0) is 0 Å². The van der Waals surface area contributed by atoms with Gasteiger partial charge in [0, 0.05) is 18.5 Å². The molecule has 0 atom stereocenters. The molecule has 2 aromatic rings. The SMILES string of the molecule is Cc1cc2ncccn2n1.Cl. The molecule has 2 heterocycles. The molecule has 0 saturated heterocycles. The molecule has 3 nitrogen and oxygen atoms in total. The van der Waals surface area contributed by atoms with Gasteiger partial charge in [-0.15, -0.1) is 12.4 Å². The van der Waals surface area contributed by atoms with E-state index in [-0.39, 0.29) is 12.4 Å². The fraction of sp³-hybridized carbons (Fsp3) is 0.143. The lowest BCUT2D eigenvalue weighted by molar-refractivity contribution is 0.917. The first kappa shape index (κ1) is 8.01. The van der Waals surface area contributed by atoms with E-state index in [1.165, 1.54) is 0 Å². The number of hydrogen-bond acceptors (Lipinski definition) is 2. The summed E-state index contributed by atoms with van der Waals surface area (Å²) in [5.74, 6) is 0. The minimum Gasteiger partial charge on any atom is -0.237 e. The lowest BCUT2D eigenvalue weighted by Gasteiger charge is -1.86. The van der Waals surface area contributed by atoms with E-state index in [0.717, 1.165) is 11.3 Å². The Morgan fingerprint density at radius 3 is 3.00 bits per heavy atom. The molecular formula is C7H8ClN3. The van der Waals surface area contributed by atoms with Gasteiger partial charge in [-0.3, -0.25) is 0 Å². The Balaban J connectivity index is 0.000000605. The summed E-state index contributed by atoms with van der Waals surface area (Å²) in [6.45, 7) is 1.95. The second kappa shape index (κ2) is 2.88. The Bertz CT molecular complexity index is 322. The fourth-order valence-electron chi connectivity index (χ4n) is 0.949. The highest BCUT2D eigenvalue weighted by atomic mass is 35.5. The lowest BCUT2D eigenvalue weighted by Crippen LogP contribution is -1.86. The van der Waals surface area contributed by atoms with Crippen LogP contribution in [0, 0.1) is 6.92 Å². The summed E-state index contributed by atoms with van der Waals surface area (Å²) in [6, 6.07) is 3.80. The summed E-state index contributed by atoms with van der Waals surface area (Å²) in [5, 5.41) is 4.17. The van der Waals surface area contributed by atoms with Crippen molar-refractivity contribution >= 4 is 18.1 Å². The minimum absolute atomic E-state index is 0. The van der Waals surface area contributed by atoms with Crippen molar-refractivity contribution in [2.45, 2.75) is 6.92 Å². The van der Waals surface area contributed by atoms with Gasteiger partial charge in [0.1, 0.15) is 0 Å². The molecule has 0 fully saturated rings. The molecule has 0 spiro atoms. The zero-order chi connectivity index (χ0) is 6.97. The molecule has 0 bridgehead atoms. The number of halogens is 1. The van der Waals surface area contributed by atoms with Crippen molar-refractivity contribution in [1.82, 2.24) is 14.6 Å². The smallest absolute Gasteiger partial charge is 0.155 e. The number of hydrogen-bond donors (Lipinski definition) is 0. The van der Waals surface area contributed by atoms with Crippen LogP contribution >= 0.6 is 12.4 Å². The molecule has 0 N–H and O–H groups in total. The number of rotatable bonds is 0. The Morgan fingerprint density at radius 1 is 1.45 bits per heavy atom.